The van der Waals surface area contributed by atoms with Gasteiger partial charge in [0, 0.05) is 0 Å². The Kier molecular flexibility index (Phi) is 12.1. The van der Waals surface area contributed by atoms with Crippen molar-refractivity contribution in [3.05, 3.63) is 35.9 Å². The minimum Gasteiger partial charge on any atom is -0.415 e. The molecule has 1 aromatic carbocycles. The van der Waals surface area contributed by atoms with Crippen molar-refractivity contribution < 1.29 is 22.5 Å². The van der Waals surface area contributed by atoms with E-state index in [4.69, 9.17) is 22.5 Å². The van der Waals surface area contributed by atoms with Gasteiger partial charge in [-0.15, -0.1) is 0 Å². The van der Waals surface area contributed by atoms with Gasteiger partial charge in [0.1, 0.15) is 18.8 Å². The van der Waals surface area contributed by atoms with Crippen LogP contribution in [0.3, 0.4) is 0 Å². The maximum Gasteiger partial charge on any atom is 0.184 e. The summed E-state index contributed by atoms with van der Waals surface area (Å²) in [6, 6.07) is 10.0. The molecule has 0 N–H and O–H groups in total. The summed E-state index contributed by atoms with van der Waals surface area (Å²) >= 11 is 0. The molecular formula is C24H49NO5Si4. The molecule has 0 aliphatic heterocycles. The molecule has 0 heterocycles. The minimum absolute atomic E-state index is 0.243. The van der Waals surface area contributed by atoms with Gasteiger partial charge in [-0.1, -0.05) is 35.5 Å². The first kappa shape index (κ1) is 31.4. The molecule has 196 valence electrons. The fourth-order valence-electron chi connectivity index (χ4n) is 3.12. The van der Waals surface area contributed by atoms with Gasteiger partial charge in [-0.3, -0.25) is 0 Å². The Morgan fingerprint density at radius 1 is 0.706 bits per heavy atom. The molecule has 3 atom stereocenters. The molecule has 0 spiro atoms. The second-order valence-corrected chi connectivity index (χ2v) is 30.5. The third kappa shape index (κ3) is 15.4. The summed E-state index contributed by atoms with van der Waals surface area (Å²) in [5.41, 5.74) is 1.07. The van der Waals surface area contributed by atoms with Crippen molar-refractivity contribution in [2.45, 2.75) is 103 Å². The zero-order valence-electron chi connectivity index (χ0n) is 23.6. The highest BCUT2D eigenvalue weighted by Crippen LogP contribution is 2.24. The monoisotopic (exact) mass is 543 g/mol. The average Bonchev–Trinajstić information content (AvgIpc) is 2.63. The van der Waals surface area contributed by atoms with E-state index in [1.807, 2.05) is 30.3 Å². The van der Waals surface area contributed by atoms with Gasteiger partial charge in [0.2, 0.25) is 0 Å². The molecule has 1 rings (SSSR count). The van der Waals surface area contributed by atoms with Crippen LogP contribution in [0.4, 0.5) is 0 Å². The molecule has 0 aliphatic carbocycles. The molecule has 0 fully saturated rings. The first-order valence-corrected chi connectivity index (χ1v) is 25.8. The van der Waals surface area contributed by atoms with Crippen LogP contribution in [0, 0.1) is 0 Å². The summed E-state index contributed by atoms with van der Waals surface area (Å²) in [5.74, 6) is 0. The minimum atomic E-state index is -1.95. The Hall–Kier alpha value is -0.602. The number of oxime groups is 1. The van der Waals surface area contributed by atoms with Gasteiger partial charge in [0.25, 0.3) is 0 Å². The Morgan fingerprint density at radius 3 is 1.71 bits per heavy atom. The molecule has 1 aromatic rings. The summed E-state index contributed by atoms with van der Waals surface area (Å²) in [6.07, 6.45) is 0.805. The van der Waals surface area contributed by atoms with Crippen molar-refractivity contribution in [3.63, 3.8) is 0 Å². The van der Waals surface area contributed by atoms with Crippen molar-refractivity contribution in [3.8, 4) is 0 Å². The van der Waals surface area contributed by atoms with Crippen molar-refractivity contribution in [2.24, 2.45) is 5.16 Å². The Balaban J connectivity index is 3.26. The Labute approximate surface area is 212 Å². The fraction of sp³-hybridized carbons (Fsp3) is 0.708. The zero-order valence-corrected chi connectivity index (χ0v) is 27.6. The second-order valence-electron chi connectivity index (χ2n) is 12.6. The van der Waals surface area contributed by atoms with Crippen LogP contribution in [0.25, 0.3) is 0 Å². The third-order valence-corrected chi connectivity index (χ3v) is 8.21. The normalized spacial score (nSPS) is 16.5. The van der Waals surface area contributed by atoms with Crippen LogP contribution in [0.1, 0.15) is 5.56 Å². The molecule has 6 nitrogen and oxygen atoms in total. The van der Waals surface area contributed by atoms with Crippen LogP contribution in [0.15, 0.2) is 35.5 Å². The van der Waals surface area contributed by atoms with Gasteiger partial charge < -0.3 is 22.5 Å². The van der Waals surface area contributed by atoms with Gasteiger partial charge >= 0.3 is 0 Å². The van der Waals surface area contributed by atoms with E-state index >= 15 is 0 Å². The third-order valence-electron chi connectivity index (χ3n) is 4.21. The lowest BCUT2D eigenvalue weighted by atomic mass is 10.1. The van der Waals surface area contributed by atoms with E-state index in [1.165, 1.54) is 0 Å². The lowest BCUT2D eigenvalue weighted by Gasteiger charge is -2.41. The van der Waals surface area contributed by atoms with Crippen LogP contribution in [0.5, 0.6) is 0 Å². The number of hydrogen-bond donors (Lipinski definition) is 0. The first-order chi connectivity index (χ1) is 15.3. The van der Waals surface area contributed by atoms with E-state index in [2.05, 4.69) is 83.7 Å². The lowest BCUT2D eigenvalue weighted by Crippen LogP contribution is -2.55. The van der Waals surface area contributed by atoms with Crippen LogP contribution in [-0.4, -0.2) is 64.4 Å². The van der Waals surface area contributed by atoms with Crippen molar-refractivity contribution >= 4 is 39.5 Å². The zero-order chi connectivity index (χ0) is 26.2. The van der Waals surface area contributed by atoms with E-state index < -0.39 is 33.3 Å². The van der Waals surface area contributed by atoms with Gasteiger partial charge in [-0.05, 0) is 84.1 Å². The van der Waals surface area contributed by atoms with Crippen molar-refractivity contribution in [1.82, 2.24) is 0 Å². The highest BCUT2D eigenvalue weighted by Gasteiger charge is 2.40. The molecule has 0 aromatic heterocycles. The average molecular weight is 544 g/mol. The second kappa shape index (κ2) is 13.1. The van der Waals surface area contributed by atoms with Gasteiger partial charge in [-0.2, -0.15) is 0 Å². The first-order valence-electron chi connectivity index (χ1n) is 12.2. The number of rotatable bonds is 15. The van der Waals surface area contributed by atoms with E-state index in [9.17, 15) is 0 Å². The molecule has 0 aliphatic rings. The summed E-state index contributed by atoms with van der Waals surface area (Å²) in [6.45, 7) is 27.2. The quantitative estimate of drug-likeness (QED) is 0.140. The number of benzene rings is 1. The molecule has 0 radical (unpaired) electrons. The Morgan fingerprint density at radius 2 is 1.24 bits per heavy atom. The predicted octanol–water partition coefficient (Wildman–Crippen LogP) is 6.70. The maximum absolute atomic E-state index is 6.76. The smallest absolute Gasteiger partial charge is 0.184 e. The molecule has 10 heteroatoms. The molecule has 0 bridgehead atoms. The number of nitrogens with zero attached hydrogens (tertiary/aromatic N) is 1. The van der Waals surface area contributed by atoms with E-state index in [-0.39, 0.29) is 18.3 Å². The van der Waals surface area contributed by atoms with Crippen molar-refractivity contribution in [2.75, 3.05) is 6.61 Å². The summed E-state index contributed by atoms with van der Waals surface area (Å²) in [5, 5.41) is 4.32. The van der Waals surface area contributed by atoms with E-state index in [0.29, 0.717) is 13.2 Å². The van der Waals surface area contributed by atoms with Gasteiger partial charge in [-0.25, -0.2) is 0 Å². The standard InChI is InChI=1S/C24H49NO5Si4/c1-31(2,3)27-20-23(29-33(7,8)9)24(30-34(10,11)12)22(28-32(4,5)6)18-25-26-19-21-16-14-13-15-17-21/h13-18,22-24H,19-20H2,1-12H3. The largest absolute Gasteiger partial charge is 0.415 e. The fourth-order valence-corrected chi connectivity index (χ4v) is 7.01. The molecule has 0 saturated carbocycles. The summed E-state index contributed by atoms with van der Waals surface area (Å²) in [7, 11) is -7.52. The topological polar surface area (TPSA) is 58.5 Å². The number of hydrogen-bond acceptors (Lipinski definition) is 6. The van der Waals surface area contributed by atoms with Gasteiger partial charge in [0.05, 0.1) is 18.9 Å². The molecule has 3 unspecified atom stereocenters. The molecule has 0 amide bonds. The Bertz CT molecular complexity index is 737. The molecular weight excluding hydrogens is 495 g/mol. The van der Waals surface area contributed by atoms with Gasteiger partial charge in [0.15, 0.2) is 33.3 Å². The highest BCUT2D eigenvalue weighted by molar-refractivity contribution is 6.71. The van der Waals surface area contributed by atoms with E-state index in [1.54, 1.807) is 6.21 Å². The predicted molar refractivity (Wildman–Crippen MR) is 154 cm³/mol. The van der Waals surface area contributed by atoms with Crippen LogP contribution in [0.2, 0.25) is 78.6 Å². The highest BCUT2D eigenvalue weighted by atomic mass is 28.4. The lowest BCUT2D eigenvalue weighted by molar-refractivity contribution is -0.0285. The SMILES string of the molecule is C[Si](C)(C)OCC(O[Si](C)(C)C)C(O[Si](C)(C)C)C(C=NOCc1ccccc1)O[Si](C)(C)C. The van der Waals surface area contributed by atoms with Crippen molar-refractivity contribution in [1.29, 1.82) is 0 Å². The summed E-state index contributed by atoms with van der Waals surface area (Å²) < 4.78 is 26.4. The van der Waals surface area contributed by atoms with E-state index in [0.717, 1.165) is 5.56 Å². The molecule has 34 heavy (non-hydrogen) atoms. The van der Waals surface area contributed by atoms with Crippen LogP contribution in [-0.2, 0) is 29.1 Å². The molecule has 0 saturated heterocycles. The van der Waals surface area contributed by atoms with Crippen LogP contribution < -0.4 is 0 Å². The summed E-state index contributed by atoms with van der Waals surface area (Å²) in [4.78, 5) is 5.64. The maximum atomic E-state index is 6.76. The van der Waals surface area contributed by atoms with Crippen LogP contribution >= 0.6 is 0 Å².